The lowest BCUT2D eigenvalue weighted by Gasteiger charge is -2.18. The molecule has 0 aliphatic heterocycles. The van der Waals surface area contributed by atoms with Crippen LogP contribution in [0.4, 0.5) is 5.13 Å². The van der Waals surface area contributed by atoms with E-state index in [2.05, 4.69) is 16.7 Å². The number of carbonyl (C=O) groups excluding carboxylic acids is 2. The quantitative estimate of drug-likeness (QED) is 0.346. The van der Waals surface area contributed by atoms with Crippen molar-refractivity contribution >= 4 is 34.1 Å². The summed E-state index contributed by atoms with van der Waals surface area (Å²) in [6.07, 6.45) is 1.41. The van der Waals surface area contributed by atoms with Gasteiger partial charge in [-0.2, -0.15) is 0 Å². The summed E-state index contributed by atoms with van der Waals surface area (Å²) < 4.78 is 9.95. The molecule has 0 atom stereocenters. The molecule has 0 amide bonds. The van der Waals surface area contributed by atoms with Crippen LogP contribution in [0, 0.1) is 0 Å². The number of hydrogen-bond acceptors (Lipinski definition) is 9. The van der Waals surface area contributed by atoms with Gasteiger partial charge < -0.3 is 20.0 Å². The largest absolute Gasteiger partial charge is 0.457 e. The molecule has 1 aromatic heterocycles. The summed E-state index contributed by atoms with van der Waals surface area (Å²) in [7, 11) is 0. The van der Waals surface area contributed by atoms with Crippen molar-refractivity contribution in [3.8, 4) is 0 Å². The predicted octanol–water partition coefficient (Wildman–Crippen LogP) is 1.52. The molecule has 126 valence electrons. The molecule has 1 aromatic rings. The van der Waals surface area contributed by atoms with Gasteiger partial charge in [-0.15, -0.1) is 11.3 Å². The van der Waals surface area contributed by atoms with Gasteiger partial charge in [-0.3, -0.25) is 0 Å². The van der Waals surface area contributed by atoms with E-state index in [0.29, 0.717) is 0 Å². The zero-order valence-corrected chi connectivity index (χ0v) is 14.0. The number of nitrogens with zero attached hydrogens (tertiary/aromatic N) is 2. The average molecular weight is 341 g/mol. The van der Waals surface area contributed by atoms with Crippen molar-refractivity contribution in [3.05, 3.63) is 23.7 Å². The third kappa shape index (κ3) is 6.92. The lowest BCUT2D eigenvalue weighted by molar-refractivity contribution is -0.160. The molecule has 1 heterocycles. The number of anilines is 1. The molecule has 0 bridgehead atoms. The van der Waals surface area contributed by atoms with Crippen molar-refractivity contribution < 1.29 is 23.9 Å². The Morgan fingerprint density at radius 2 is 2.17 bits per heavy atom. The van der Waals surface area contributed by atoms with Gasteiger partial charge >= 0.3 is 11.9 Å². The highest BCUT2D eigenvalue weighted by atomic mass is 32.1. The van der Waals surface area contributed by atoms with E-state index in [9.17, 15) is 9.59 Å². The molecule has 1 rings (SSSR count). The Labute approximate surface area is 137 Å². The number of rotatable bonds is 7. The molecule has 9 heteroatoms. The molecule has 0 aliphatic carbocycles. The Bertz CT molecular complexity index is 604. The molecule has 0 saturated heterocycles. The maximum absolute atomic E-state index is 11.9. The number of thiazole rings is 1. The minimum atomic E-state index is -0.764. The number of ether oxygens (including phenoxy) is 2. The summed E-state index contributed by atoms with van der Waals surface area (Å²) in [5.41, 5.74) is 4.90. The summed E-state index contributed by atoms with van der Waals surface area (Å²) in [4.78, 5) is 32.3. The number of carbonyl (C=O) groups is 2. The van der Waals surface area contributed by atoms with Crippen LogP contribution in [-0.4, -0.2) is 41.4 Å². The van der Waals surface area contributed by atoms with Crippen LogP contribution in [0.1, 0.15) is 26.5 Å². The lowest BCUT2D eigenvalue weighted by Crippen LogP contribution is -2.26. The second kappa shape index (κ2) is 8.28. The van der Waals surface area contributed by atoms with Crippen LogP contribution in [0.3, 0.4) is 0 Å². The smallest absolute Gasteiger partial charge is 0.363 e. The van der Waals surface area contributed by atoms with Crippen molar-refractivity contribution in [1.29, 1.82) is 0 Å². The predicted molar refractivity (Wildman–Crippen MR) is 86.0 cm³/mol. The monoisotopic (exact) mass is 341 g/mol. The normalized spacial score (nSPS) is 11.7. The van der Waals surface area contributed by atoms with E-state index in [1.165, 1.54) is 11.5 Å². The Kier molecular flexibility index (Phi) is 6.70. The first-order chi connectivity index (χ1) is 10.7. The summed E-state index contributed by atoms with van der Waals surface area (Å²) >= 11 is 1.13. The van der Waals surface area contributed by atoms with Crippen molar-refractivity contribution in [2.75, 3.05) is 18.9 Å². The molecule has 2 N–H and O–H groups in total. The molecule has 0 aromatic carbocycles. The Morgan fingerprint density at radius 1 is 1.48 bits per heavy atom. The first kappa shape index (κ1) is 18.6. The van der Waals surface area contributed by atoms with Gasteiger partial charge in [-0.1, -0.05) is 17.8 Å². The number of esters is 2. The summed E-state index contributed by atoms with van der Waals surface area (Å²) in [6, 6.07) is 0. The van der Waals surface area contributed by atoms with Crippen molar-refractivity contribution in [1.82, 2.24) is 4.98 Å². The van der Waals surface area contributed by atoms with E-state index in [1.54, 1.807) is 20.8 Å². The molecule has 0 radical (unpaired) electrons. The van der Waals surface area contributed by atoms with E-state index in [0.717, 1.165) is 11.3 Å². The fourth-order valence-electron chi connectivity index (χ4n) is 1.31. The van der Waals surface area contributed by atoms with Gasteiger partial charge in [-0.05, 0) is 20.8 Å². The molecule has 0 spiro atoms. The minimum absolute atomic E-state index is 0.00351. The zero-order chi connectivity index (χ0) is 17.5. The van der Waals surface area contributed by atoms with Crippen LogP contribution < -0.4 is 5.73 Å². The van der Waals surface area contributed by atoms with Gasteiger partial charge in [0.2, 0.25) is 12.3 Å². The van der Waals surface area contributed by atoms with Crippen LogP contribution in [0.5, 0.6) is 0 Å². The molecule has 0 fully saturated rings. The van der Waals surface area contributed by atoms with Gasteiger partial charge in [0.1, 0.15) is 17.9 Å². The Hall–Kier alpha value is -2.42. The molecule has 23 heavy (non-hydrogen) atoms. The third-order valence-corrected chi connectivity index (χ3v) is 2.72. The van der Waals surface area contributed by atoms with Crippen molar-refractivity contribution in [2.24, 2.45) is 5.16 Å². The number of aromatic nitrogens is 1. The van der Waals surface area contributed by atoms with Crippen molar-refractivity contribution in [2.45, 2.75) is 26.4 Å². The van der Waals surface area contributed by atoms with Gasteiger partial charge in [0, 0.05) is 5.38 Å². The van der Waals surface area contributed by atoms with E-state index in [-0.39, 0.29) is 23.1 Å². The number of oxime groups is 1. The molecular formula is C14H19N3O5S. The highest BCUT2D eigenvalue weighted by molar-refractivity contribution is 7.13. The maximum atomic E-state index is 11.9. The first-order valence-electron chi connectivity index (χ1n) is 6.64. The number of hydrogen-bond donors (Lipinski definition) is 1. The van der Waals surface area contributed by atoms with Crippen LogP contribution in [0.25, 0.3) is 0 Å². The van der Waals surface area contributed by atoms with E-state index in [4.69, 9.17) is 20.0 Å². The fraction of sp³-hybridized carbons (Fsp3) is 0.429. The third-order valence-electron chi connectivity index (χ3n) is 2.05. The van der Waals surface area contributed by atoms with Crippen molar-refractivity contribution in [3.63, 3.8) is 0 Å². The highest BCUT2D eigenvalue weighted by Crippen LogP contribution is 2.13. The standard InChI is InChI=1S/C14H19N3O5S/c1-5-6-20-12(19)11(9-8-23-13(15)16-9)17-21-7-10(18)22-14(2,3)4/h5,8H,1,6-7H2,2-4H3,(H2,15,16)/b17-11-. The van der Waals surface area contributed by atoms with Crippen LogP contribution in [-0.2, 0) is 23.9 Å². The maximum Gasteiger partial charge on any atom is 0.363 e. The summed E-state index contributed by atoms with van der Waals surface area (Å²) in [5.74, 6) is -1.38. The van der Waals surface area contributed by atoms with E-state index in [1.807, 2.05) is 0 Å². The van der Waals surface area contributed by atoms with Crippen LogP contribution in [0.2, 0.25) is 0 Å². The van der Waals surface area contributed by atoms with Gasteiger partial charge in [0.05, 0.1) is 0 Å². The Morgan fingerprint density at radius 3 is 2.70 bits per heavy atom. The second-order valence-electron chi connectivity index (χ2n) is 5.26. The second-order valence-corrected chi connectivity index (χ2v) is 6.15. The van der Waals surface area contributed by atoms with Gasteiger partial charge in [0.15, 0.2) is 5.13 Å². The van der Waals surface area contributed by atoms with E-state index < -0.39 is 24.1 Å². The molecule has 0 saturated carbocycles. The van der Waals surface area contributed by atoms with E-state index >= 15 is 0 Å². The molecular weight excluding hydrogens is 322 g/mol. The highest BCUT2D eigenvalue weighted by Gasteiger charge is 2.21. The number of nitrogen functional groups attached to an aromatic ring is 1. The first-order valence-corrected chi connectivity index (χ1v) is 7.52. The molecule has 8 nitrogen and oxygen atoms in total. The average Bonchev–Trinajstić information content (AvgIpc) is 2.85. The molecule has 0 unspecified atom stereocenters. The molecule has 0 aliphatic rings. The summed E-state index contributed by atoms with van der Waals surface area (Å²) in [6.45, 7) is 8.18. The zero-order valence-electron chi connectivity index (χ0n) is 13.2. The van der Waals surface area contributed by atoms with Gasteiger partial charge in [-0.25, -0.2) is 14.6 Å². The SMILES string of the molecule is C=CCOC(=O)/C(=N\OCC(=O)OC(C)(C)C)c1csc(N)n1. The Balaban J connectivity index is 2.77. The number of nitrogens with two attached hydrogens (primary N) is 1. The fourth-order valence-corrected chi connectivity index (χ4v) is 1.86. The van der Waals surface area contributed by atoms with Gasteiger partial charge in [0.25, 0.3) is 0 Å². The lowest BCUT2D eigenvalue weighted by atomic mass is 10.2. The minimum Gasteiger partial charge on any atom is -0.457 e. The summed E-state index contributed by atoms with van der Waals surface area (Å²) in [5, 5.41) is 5.41. The van der Waals surface area contributed by atoms with Crippen LogP contribution in [0.15, 0.2) is 23.2 Å². The topological polar surface area (TPSA) is 113 Å². The van der Waals surface area contributed by atoms with Crippen LogP contribution >= 0.6 is 11.3 Å².